The largest absolute Gasteiger partial charge is 0.493 e. The Balaban J connectivity index is 2.74. The molecule has 21 heavy (non-hydrogen) atoms. The minimum atomic E-state index is -0.426. The van der Waals surface area contributed by atoms with Gasteiger partial charge >= 0.3 is 5.97 Å². The standard InChI is InChI=1S/C15H21BrO5/c1-5-19-14-12(16)8-11(9-13(14)18-4)15(17)21-7-6-20-10(2)3/h8-10H,5-7H2,1-4H3. The van der Waals surface area contributed by atoms with Gasteiger partial charge in [-0.3, -0.25) is 0 Å². The molecule has 0 saturated carbocycles. The van der Waals surface area contributed by atoms with E-state index >= 15 is 0 Å². The molecule has 5 nitrogen and oxygen atoms in total. The molecule has 0 N–H and O–H groups in total. The Bertz CT molecular complexity index is 473. The second-order valence-corrected chi connectivity index (χ2v) is 5.33. The Kier molecular flexibility index (Phi) is 7.53. The predicted octanol–water partition coefficient (Wildman–Crippen LogP) is 3.44. The molecule has 0 heterocycles. The summed E-state index contributed by atoms with van der Waals surface area (Å²) in [5.74, 6) is 0.626. The predicted molar refractivity (Wildman–Crippen MR) is 83.2 cm³/mol. The highest BCUT2D eigenvalue weighted by atomic mass is 79.9. The molecule has 0 aliphatic heterocycles. The summed E-state index contributed by atoms with van der Waals surface area (Å²) in [5.41, 5.74) is 0.395. The smallest absolute Gasteiger partial charge is 0.338 e. The van der Waals surface area contributed by atoms with E-state index in [1.54, 1.807) is 12.1 Å². The first-order valence-electron chi connectivity index (χ1n) is 6.78. The van der Waals surface area contributed by atoms with E-state index in [9.17, 15) is 4.79 Å². The molecule has 0 aliphatic rings. The van der Waals surface area contributed by atoms with Gasteiger partial charge in [0.15, 0.2) is 11.5 Å². The first-order valence-corrected chi connectivity index (χ1v) is 7.57. The lowest BCUT2D eigenvalue weighted by molar-refractivity contribution is 0.0176. The summed E-state index contributed by atoms with van der Waals surface area (Å²) in [7, 11) is 1.52. The fourth-order valence-corrected chi connectivity index (χ4v) is 2.18. The van der Waals surface area contributed by atoms with Crippen molar-refractivity contribution in [2.75, 3.05) is 26.9 Å². The number of hydrogen-bond acceptors (Lipinski definition) is 5. The number of benzene rings is 1. The summed E-state index contributed by atoms with van der Waals surface area (Å²) in [6.45, 7) is 6.82. The number of carbonyl (C=O) groups excluding carboxylic acids is 1. The number of esters is 1. The molecule has 0 radical (unpaired) electrons. The van der Waals surface area contributed by atoms with Gasteiger partial charge in [-0.2, -0.15) is 0 Å². The molecule has 0 aliphatic carbocycles. The summed E-state index contributed by atoms with van der Waals surface area (Å²) in [5, 5.41) is 0. The molecule has 1 rings (SSSR count). The lowest BCUT2D eigenvalue weighted by Crippen LogP contribution is -2.13. The zero-order chi connectivity index (χ0) is 15.8. The van der Waals surface area contributed by atoms with Gasteiger partial charge in [0.1, 0.15) is 6.61 Å². The van der Waals surface area contributed by atoms with Crippen molar-refractivity contribution in [3.8, 4) is 11.5 Å². The molecule has 0 atom stereocenters. The molecule has 0 spiro atoms. The zero-order valence-corrected chi connectivity index (χ0v) is 14.4. The Morgan fingerprint density at radius 1 is 1.29 bits per heavy atom. The van der Waals surface area contributed by atoms with Crippen molar-refractivity contribution >= 4 is 21.9 Å². The maximum Gasteiger partial charge on any atom is 0.338 e. The van der Waals surface area contributed by atoms with E-state index in [0.717, 1.165) is 0 Å². The van der Waals surface area contributed by atoms with Crippen molar-refractivity contribution in [3.05, 3.63) is 22.2 Å². The van der Waals surface area contributed by atoms with Crippen LogP contribution in [0.2, 0.25) is 0 Å². The van der Waals surface area contributed by atoms with Crippen LogP contribution in [0.25, 0.3) is 0 Å². The number of carbonyl (C=O) groups is 1. The third-order valence-electron chi connectivity index (χ3n) is 2.52. The average molecular weight is 361 g/mol. The molecule has 1 aromatic carbocycles. The fraction of sp³-hybridized carbons (Fsp3) is 0.533. The Labute approximate surface area is 133 Å². The van der Waals surface area contributed by atoms with Gasteiger partial charge < -0.3 is 18.9 Å². The second kappa shape index (κ2) is 8.89. The normalized spacial score (nSPS) is 10.6. The van der Waals surface area contributed by atoms with Crippen LogP contribution in [0.4, 0.5) is 0 Å². The van der Waals surface area contributed by atoms with Crippen LogP contribution in [0.15, 0.2) is 16.6 Å². The summed E-state index contributed by atoms with van der Waals surface area (Å²) in [6.07, 6.45) is 0.114. The highest BCUT2D eigenvalue weighted by molar-refractivity contribution is 9.10. The third kappa shape index (κ3) is 5.55. The molecule has 0 saturated heterocycles. The fourth-order valence-electron chi connectivity index (χ4n) is 1.62. The number of methoxy groups -OCH3 is 1. The van der Waals surface area contributed by atoms with E-state index in [2.05, 4.69) is 15.9 Å². The number of ether oxygens (including phenoxy) is 4. The number of rotatable bonds is 8. The summed E-state index contributed by atoms with van der Waals surface area (Å²) < 4.78 is 21.8. The maximum absolute atomic E-state index is 12.0. The summed E-state index contributed by atoms with van der Waals surface area (Å²) in [6, 6.07) is 3.25. The highest BCUT2D eigenvalue weighted by Crippen LogP contribution is 2.36. The minimum Gasteiger partial charge on any atom is -0.493 e. The molecule has 6 heteroatoms. The Morgan fingerprint density at radius 2 is 2.00 bits per heavy atom. The second-order valence-electron chi connectivity index (χ2n) is 4.48. The van der Waals surface area contributed by atoms with Crippen LogP contribution in [0.5, 0.6) is 11.5 Å². The van der Waals surface area contributed by atoms with Crippen LogP contribution in [0.1, 0.15) is 31.1 Å². The van der Waals surface area contributed by atoms with Crippen molar-refractivity contribution in [3.63, 3.8) is 0 Å². The first kappa shape index (κ1) is 17.8. The molecular weight excluding hydrogens is 340 g/mol. The quantitative estimate of drug-likeness (QED) is 0.525. The number of halogens is 1. The van der Waals surface area contributed by atoms with Crippen molar-refractivity contribution in [1.29, 1.82) is 0 Å². The molecule has 0 fully saturated rings. The maximum atomic E-state index is 12.0. The molecule has 1 aromatic rings. The zero-order valence-electron chi connectivity index (χ0n) is 12.8. The van der Waals surface area contributed by atoms with Gasteiger partial charge in [0, 0.05) is 0 Å². The van der Waals surface area contributed by atoms with E-state index in [1.807, 2.05) is 20.8 Å². The van der Waals surface area contributed by atoms with Crippen LogP contribution >= 0.6 is 15.9 Å². The lowest BCUT2D eigenvalue weighted by atomic mass is 10.2. The molecule has 0 amide bonds. The number of hydrogen-bond donors (Lipinski definition) is 0. The van der Waals surface area contributed by atoms with Gasteiger partial charge in [0.2, 0.25) is 0 Å². The van der Waals surface area contributed by atoms with Crippen LogP contribution < -0.4 is 9.47 Å². The first-order chi connectivity index (χ1) is 9.99. The van der Waals surface area contributed by atoms with Crippen molar-refractivity contribution < 1.29 is 23.7 Å². The summed E-state index contributed by atoms with van der Waals surface area (Å²) >= 11 is 3.37. The van der Waals surface area contributed by atoms with Gasteiger partial charge in [-0.1, -0.05) is 0 Å². The Morgan fingerprint density at radius 3 is 2.57 bits per heavy atom. The highest BCUT2D eigenvalue weighted by Gasteiger charge is 2.16. The molecule has 0 bridgehead atoms. The molecule has 0 unspecified atom stereocenters. The van der Waals surface area contributed by atoms with Crippen molar-refractivity contribution in [2.45, 2.75) is 26.9 Å². The van der Waals surface area contributed by atoms with Gasteiger partial charge in [-0.25, -0.2) is 4.79 Å². The van der Waals surface area contributed by atoms with E-state index in [-0.39, 0.29) is 12.7 Å². The van der Waals surface area contributed by atoms with Crippen LogP contribution in [0.3, 0.4) is 0 Å². The van der Waals surface area contributed by atoms with Crippen LogP contribution in [-0.2, 0) is 9.47 Å². The van der Waals surface area contributed by atoms with E-state index < -0.39 is 5.97 Å². The van der Waals surface area contributed by atoms with Crippen molar-refractivity contribution in [2.24, 2.45) is 0 Å². The molecule has 0 aromatic heterocycles. The van der Waals surface area contributed by atoms with Gasteiger partial charge in [0.25, 0.3) is 0 Å². The van der Waals surface area contributed by atoms with Gasteiger partial charge in [-0.05, 0) is 48.8 Å². The van der Waals surface area contributed by atoms with Crippen molar-refractivity contribution in [1.82, 2.24) is 0 Å². The van der Waals surface area contributed by atoms with Gasteiger partial charge in [-0.15, -0.1) is 0 Å². The topological polar surface area (TPSA) is 54.0 Å². The van der Waals surface area contributed by atoms with E-state index in [1.165, 1.54) is 7.11 Å². The SMILES string of the molecule is CCOc1c(Br)cc(C(=O)OCCOC(C)C)cc1OC. The average Bonchev–Trinajstić information content (AvgIpc) is 2.45. The summed E-state index contributed by atoms with van der Waals surface area (Å²) in [4.78, 5) is 12.0. The van der Waals surface area contributed by atoms with Crippen LogP contribution in [0, 0.1) is 0 Å². The van der Waals surface area contributed by atoms with E-state index in [0.29, 0.717) is 34.7 Å². The Hall–Kier alpha value is -1.27. The van der Waals surface area contributed by atoms with E-state index in [4.69, 9.17) is 18.9 Å². The lowest BCUT2D eigenvalue weighted by Gasteiger charge is -2.13. The third-order valence-corrected chi connectivity index (χ3v) is 3.11. The monoisotopic (exact) mass is 360 g/mol. The van der Waals surface area contributed by atoms with Gasteiger partial charge in [0.05, 0.1) is 36.5 Å². The molecule has 118 valence electrons. The molecular formula is C15H21BrO5. The minimum absolute atomic E-state index is 0.114. The van der Waals surface area contributed by atoms with Crippen LogP contribution in [-0.4, -0.2) is 39.0 Å².